The third-order valence-corrected chi connectivity index (χ3v) is 4.58. The molecule has 1 saturated heterocycles. The van der Waals surface area contributed by atoms with E-state index in [9.17, 15) is 4.79 Å². The summed E-state index contributed by atoms with van der Waals surface area (Å²) in [6.45, 7) is 5.45. The van der Waals surface area contributed by atoms with Gasteiger partial charge in [-0.25, -0.2) is 4.79 Å². The molecule has 2 heterocycles. The quantitative estimate of drug-likeness (QED) is 0.926. The van der Waals surface area contributed by atoms with Gasteiger partial charge in [0, 0.05) is 24.0 Å². The Balaban J connectivity index is 1.85. The van der Waals surface area contributed by atoms with Crippen molar-refractivity contribution in [2.45, 2.75) is 51.7 Å². The van der Waals surface area contributed by atoms with Gasteiger partial charge in [-0.05, 0) is 49.9 Å². The van der Waals surface area contributed by atoms with Crippen LogP contribution < -0.4 is 0 Å². The summed E-state index contributed by atoms with van der Waals surface area (Å²) in [7, 11) is 0. The second-order valence-corrected chi connectivity index (χ2v) is 5.95. The SMILES string of the molecule is CCC1CCC(C)N1Cc1ccc2oc(C(=O)O)cc2c1. The van der Waals surface area contributed by atoms with Crippen LogP contribution in [-0.4, -0.2) is 28.1 Å². The molecule has 21 heavy (non-hydrogen) atoms. The molecule has 0 radical (unpaired) electrons. The maximum Gasteiger partial charge on any atom is 0.371 e. The molecule has 1 N–H and O–H groups in total. The molecule has 2 aromatic rings. The molecule has 1 aromatic heterocycles. The van der Waals surface area contributed by atoms with Gasteiger partial charge in [-0.15, -0.1) is 0 Å². The molecular formula is C17H21NO3. The summed E-state index contributed by atoms with van der Waals surface area (Å²) in [6.07, 6.45) is 3.71. The predicted molar refractivity (Wildman–Crippen MR) is 81.5 cm³/mol. The zero-order chi connectivity index (χ0) is 15.0. The zero-order valence-corrected chi connectivity index (χ0v) is 12.5. The number of fused-ring (bicyclic) bond motifs is 1. The first kappa shape index (κ1) is 14.1. The molecular weight excluding hydrogens is 266 g/mol. The second kappa shape index (κ2) is 5.53. The summed E-state index contributed by atoms with van der Waals surface area (Å²) in [5.74, 6) is -1.02. The molecule has 1 fully saturated rings. The number of furan rings is 1. The molecule has 112 valence electrons. The van der Waals surface area contributed by atoms with Crippen LogP contribution in [0.4, 0.5) is 0 Å². The third kappa shape index (κ3) is 2.68. The lowest BCUT2D eigenvalue weighted by Gasteiger charge is -2.27. The number of rotatable bonds is 4. The number of nitrogens with zero attached hydrogens (tertiary/aromatic N) is 1. The van der Waals surface area contributed by atoms with Gasteiger partial charge in [-0.1, -0.05) is 13.0 Å². The molecule has 0 amide bonds. The first-order valence-corrected chi connectivity index (χ1v) is 7.60. The van der Waals surface area contributed by atoms with Crippen LogP contribution in [0, 0.1) is 0 Å². The van der Waals surface area contributed by atoms with E-state index in [1.54, 1.807) is 6.07 Å². The largest absolute Gasteiger partial charge is 0.475 e. The van der Waals surface area contributed by atoms with Crippen molar-refractivity contribution < 1.29 is 14.3 Å². The van der Waals surface area contributed by atoms with Crippen molar-refractivity contribution in [1.29, 1.82) is 0 Å². The molecule has 1 aromatic carbocycles. The van der Waals surface area contributed by atoms with Gasteiger partial charge in [0.2, 0.25) is 5.76 Å². The number of hydrogen-bond acceptors (Lipinski definition) is 3. The first-order valence-electron chi connectivity index (χ1n) is 7.60. The fraction of sp³-hybridized carbons (Fsp3) is 0.471. The van der Waals surface area contributed by atoms with Crippen LogP contribution in [0.5, 0.6) is 0 Å². The highest BCUT2D eigenvalue weighted by Gasteiger charge is 2.29. The van der Waals surface area contributed by atoms with Crippen LogP contribution in [0.15, 0.2) is 28.7 Å². The summed E-state index contributed by atoms with van der Waals surface area (Å²) >= 11 is 0. The number of likely N-dealkylation sites (tertiary alicyclic amines) is 1. The van der Waals surface area contributed by atoms with Gasteiger partial charge in [0.15, 0.2) is 0 Å². The minimum atomic E-state index is -1.02. The minimum Gasteiger partial charge on any atom is -0.475 e. The van der Waals surface area contributed by atoms with E-state index in [-0.39, 0.29) is 5.76 Å². The van der Waals surface area contributed by atoms with E-state index in [1.165, 1.54) is 24.8 Å². The van der Waals surface area contributed by atoms with Gasteiger partial charge in [0.05, 0.1) is 0 Å². The summed E-state index contributed by atoms with van der Waals surface area (Å²) in [5.41, 5.74) is 1.85. The van der Waals surface area contributed by atoms with E-state index in [0.29, 0.717) is 17.7 Å². The maximum atomic E-state index is 11.0. The molecule has 4 heteroatoms. The highest BCUT2D eigenvalue weighted by Crippen LogP contribution is 2.29. The molecule has 1 aliphatic rings. The molecule has 1 aliphatic heterocycles. The Labute approximate surface area is 124 Å². The Morgan fingerprint density at radius 3 is 2.90 bits per heavy atom. The molecule has 3 rings (SSSR count). The topological polar surface area (TPSA) is 53.7 Å². The molecule has 0 spiro atoms. The Kier molecular flexibility index (Phi) is 3.72. The van der Waals surface area contributed by atoms with E-state index in [2.05, 4.69) is 18.7 Å². The Bertz CT molecular complexity index is 661. The van der Waals surface area contributed by atoms with Crippen molar-refractivity contribution >= 4 is 16.9 Å². The predicted octanol–water partition coefficient (Wildman–Crippen LogP) is 3.89. The number of carbonyl (C=O) groups is 1. The molecule has 4 nitrogen and oxygen atoms in total. The fourth-order valence-electron chi connectivity index (χ4n) is 3.36. The number of carboxylic acid groups (broad SMARTS) is 1. The number of benzene rings is 1. The average Bonchev–Trinajstić information content (AvgIpc) is 3.03. The third-order valence-electron chi connectivity index (χ3n) is 4.58. The van der Waals surface area contributed by atoms with Crippen molar-refractivity contribution in [3.8, 4) is 0 Å². The van der Waals surface area contributed by atoms with Crippen molar-refractivity contribution in [2.75, 3.05) is 0 Å². The monoisotopic (exact) mass is 287 g/mol. The summed E-state index contributed by atoms with van der Waals surface area (Å²) in [5, 5.41) is 9.85. The molecule has 2 unspecified atom stereocenters. The molecule has 2 atom stereocenters. The highest BCUT2D eigenvalue weighted by molar-refractivity contribution is 5.91. The zero-order valence-electron chi connectivity index (χ0n) is 12.5. The van der Waals surface area contributed by atoms with Gasteiger partial charge in [-0.3, -0.25) is 4.90 Å². The smallest absolute Gasteiger partial charge is 0.371 e. The van der Waals surface area contributed by atoms with Gasteiger partial charge in [0.1, 0.15) is 5.58 Å². The Morgan fingerprint density at radius 1 is 1.38 bits per heavy atom. The second-order valence-electron chi connectivity index (χ2n) is 5.95. The Hall–Kier alpha value is -1.81. The van der Waals surface area contributed by atoms with Crippen molar-refractivity contribution in [1.82, 2.24) is 4.90 Å². The first-order chi connectivity index (χ1) is 10.1. The van der Waals surface area contributed by atoms with E-state index in [0.717, 1.165) is 11.9 Å². The molecule has 0 bridgehead atoms. The average molecular weight is 287 g/mol. The fourth-order valence-corrected chi connectivity index (χ4v) is 3.36. The normalized spacial score (nSPS) is 23.0. The van der Waals surface area contributed by atoms with Crippen LogP contribution in [-0.2, 0) is 6.54 Å². The van der Waals surface area contributed by atoms with Crippen LogP contribution in [0.3, 0.4) is 0 Å². The number of hydrogen-bond donors (Lipinski definition) is 1. The van der Waals surface area contributed by atoms with Gasteiger partial charge in [-0.2, -0.15) is 0 Å². The van der Waals surface area contributed by atoms with Crippen LogP contribution in [0.25, 0.3) is 11.0 Å². The van der Waals surface area contributed by atoms with Crippen molar-refractivity contribution in [3.05, 3.63) is 35.6 Å². The van der Waals surface area contributed by atoms with Crippen molar-refractivity contribution in [2.24, 2.45) is 0 Å². The van der Waals surface area contributed by atoms with Gasteiger partial charge >= 0.3 is 5.97 Å². The minimum absolute atomic E-state index is 0.00289. The lowest BCUT2D eigenvalue weighted by atomic mass is 10.1. The summed E-state index contributed by atoms with van der Waals surface area (Å²) < 4.78 is 5.30. The lowest BCUT2D eigenvalue weighted by molar-refractivity contribution is 0.0665. The van der Waals surface area contributed by atoms with Crippen LogP contribution in [0.2, 0.25) is 0 Å². The standard InChI is InChI=1S/C17H21NO3/c1-3-14-6-4-11(2)18(14)10-12-5-7-15-13(8-12)9-16(21-15)17(19)20/h5,7-9,11,14H,3-4,6,10H2,1-2H3,(H,19,20). The van der Waals surface area contributed by atoms with Gasteiger partial charge < -0.3 is 9.52 Å². The lowest BCUT2D eigenvalue weighted by Crippen LogP contribution is -2.33. The molecule has 0 saturated carbocycles. The summed E-state index contributed by atoms with van der Waals surface area (Å²) in [6, 6.07) is 8.84. The molecule has 0 aliphatic carbocycles. The van der Waals surface area contributed by atoms with E-state index in [1.807, 2.05) is 18.2 Å². The highest BCUT2D eigenvalue weighted by atomic mass is 16.4. The number of carboxylic acids is 1. The number of aromatic carboxylic acids is 1. The van der Waals surface area contributed by atoms with Crippen LogP contribution >= 0.6 is 0 Å². The summed E-state index contributed by atoms with van der Waals surface area (Å²) in [4.78, 5) is 13.5. The van der Waals surface area contributed by atoms with E-state index >= 15 is 0 Å². The van der Waals surface area contributed by atoms with E-state index in [4.69, 9.17) is 9.52 Å². The van der Waals surface area contributed by atoms with Crippen LogP contribution in [0.1, 0.15) is 49.2 Å². The van der Waals surface area contributed by atoms with E-state index < -0.39 is 5.97 Å². The Morgan fingerprint density at radius 2 is 2.19 bits per heavy atom. The maximum absolute atomic E-state index is 11.0. The van der Waals surface area contributed by atoms with Crippen molar-refractivity contribution in [3.63, 3.8) is 0 Å². The van der Waals surface area contributed by atoms with Gasteiger partial charge in [0.25, 0.3) is 0 Å².